The van der Waals surface area contributed by atoms with Gasteiger partial charge in [0.1, 0.15) is 13.3 Å². The lowest BCUT2D eigenvalue weighted by Gasteiger charge is -2.33. The number of hydrogen-bond acceptors (Lipinski definition) is 5. The summed E-state index contributed by atoms with van der Waals surface area (Å²) in [7, 11) is 0. The van der Waals surface area contributed by atoms with Crippen molar-refractivity contribution in [2.24, 2.45) is 23.7 Å². The lowest BCUT2D eigenvalue weighted by molar-refractivity contribution is -0.140. The SMILES string of the molecule is Cc1ccccc1N(CN1C(=O)C2CC=C(Cl)CC2C1=O)CN1C(=O)C2CC=C(Cl)CC2C1=O. The van der Waals surface area contributed by atoms with Crippen LogP contribution in [0.3, 0.4) is 0 Å². The predicted molar refractivity (Wildman–Crippen MR) is 127 cm³/mol. The molecule has 0 spiro atoms. The molecule has 2 fully saturated rings. The zero-order chi connectivity index (χ0) is 24.1. The number of para-hydroxylation sites is 1. The van der Waals surface area contributed by atoms with E-state index in [9.17, 15) is 19.2 Å². The Balaban J connectivity index is 1.42. The zero-order valence-corrected chi connectivity index (χ0v) is 20.3. The summed E-state index contributed by atoms with van der Waals surface area (Å²) in [5, 5.41) is 1.20. The molecule has 0 saturated carbocycles. The summed E-state index contributed by atoms with van der Waals surface area (Å²) in [4.78, 5) is 56.9. The third-order valence-electron chi connectivity index (χ3n) is 7.40. The number of anilines is 1. The molecular formula is C25H25Cl2N3O4. The van der Waals surface area contributed by atoms with Gasteiger partial charge in [-0.2, -0.15) is 0 Å². The molecule has 9 heteroatoms. The number of carbonyl (C=O) groups is 4. The van der Waals surface area contributed by atoms with Gasteiger partial charge in [0.2, 0.25) is 23.6 Å². The van der Waals surface area contributed by atoms with Gasteiger partial charge in [-0.25, -0.2) is 0 Å². The van der Waals surface area contributed by atoms with E-state index in [2.05, 4.69) is 0 Å². The van der Waals surface area contributed by atoms with Gasteiger partial charge >= 0.3 is 0 Å². The molecule has 0 N–H and O–H groups in total. The number of imide groups is 2. The molecular weight excluding hydrogens is 477 g/mol. The molecule has 7 nitrogen and oxygen atoms in total. The summed E-state index contributed by atoms with van der Waals surface area (Å²) in [5.41, 5.74) is 1.66. The number of hydrogen-bond donors (Lipinski definition) is 0. The number of rotatable bonds is 5. The molecule has 4 aliphatic rings. The van der Waals surface area contributed by atoms with Crippen LogP contribution in [-0.2, 0) is 19.2 Å². The minimum Gasteiger partial charge on any atom is -0.335 e. The van der Waals surface area contributed by atoms with Crippen LogP contribution >= 0.6 is 23.2 Å². The van der Waals surface area contributed by atoms with E-state index >= 15 is 0 Å². The van der Waals surface area contributed by atoms with Gasteiger partial charge in [-0.1, -0.05) is 53.6 Å². The van der Waals surface area contributed by atoms with E-state index in [1.807, 2.05) is 31.2 Å². The normalized spacial score (nSPS) is 28.7. The monoisotopic (exact) mass is 501 g/mol. The molecule has 34 heavy (non-hydrogen) atoms. The first-order chi connectivity index (χ1) is 16.3. The highest BCUT2D eigenvalue weighted by Crippen LogP contribution is 2.41. The van der Waals surface area contributed by atoms with Gasteiger partial charge in [-0.05, 0) is 44.2 Å². The molecule has 178 valence electrons. The van der Waals surface area contributed by atoms with Crippen molar-refractivity contribution in [2.45, 2.75) is 32.6 Å². The number of aryl methyl sites for hydroxylation is 1. The van der Waals surface area contributed by atoms with Crippen molar-refractivity contribution in [3.63, 3.8) is 0 Å². The van der Waals surface area contributed by atoms with Crippen molar-refractivity contribution < 1.29 is 19.2 Å². The summed E-state index contributed by atoms with van der Waals surface area (Å²) in [5.74, 6) is -2.76. The first-order valence-corrected chi connectivity index (χ1v) is 12.2. The van der Waals surface area contributed by atoms with Crippen LogP contribution in [0, 0.1) is 30.6 Å². The molecule has 1 aromatic carbocycles. The molecule has 5 rings (SSSR count). The maximum atomic E-state index is 13.2. The molecule has 2 aliphatic heterocycles. The van der Waals surface area contributed by atoms with Gasteiger partial charge in [0.05, 0.1) is 23.7 Å². The highest BCUT2D eigenvalue weighted by Gasteiger charge is 2.51. The van der Waals surface area contributed by atoms with E-state index < -0.39 is 23.7 Å². The van der Waals surface area contributed by atoms with Crippen LogP contribution in [0.15, 0.2) is 46.5 Å². The van der Waals surface area contributed by atoms with Crippen LogP contribution in [0.1, 0.15) is 31.2 Å². The molecule has 2 aliphatic carbocycles. The van der Waals surface area contributed by atoms with Gasteiger partial charge in [-0.15, -0.1) is 0 Å². The molecule has 0 aromatic heterocycles. The summed E-state index contributed by atoms with van der Waals surface area (Å²) in [6.45, 7) is 1.83. The molecule has 4 atom stereocenters. The van der Waals surface area contributed by atoms with Crippen molar-refractivity contribution in [1.29, 1.82) is 0 Å². The Labute approximate surface area is 207 Å². The van der Waals surface area contributed by atoms with E-state index in [0.717, 1.165) is 11.3 Å². The molecule has 4 amide bonds. The standard InChI is InChI=1S/C25H25Cl2N3O4/c1-14-4-2-3-5-21(14)28(12-29-22(31)17-8-6-15(26)10-19(17)24(29)33)13-30-23(32)18-9-7-16(27)11-20(18)25(30)34/h2-7,17-20H,8-13H2,1H3. The fourth-order valence-corrected chi connectivity index (χ4v) is 6.04. The number of nitrogens with zero attached hydrogens (tertiary/aromatic N) is 3. The molecule has 1 aromatic rings. The van der Waals surface area contributed by atoms with E-state index in [-0.39, 0.29) is 37.0 Å². The van der Waals surface area contributed by atoms with Gasteiger partial charge in [0, 0.05) is 15.8 Å². The van der Waals surface area contributed by atoms with Crippen molar-refractivity contribution in [1.82, 2.24) is 9.80 Å². The smallest absolute Gasteiger partial charge is 0.234 e. The molecule has 0 radical (unpaired) electrons. The Morgan fingerprint density at radius 2 is 1.21 bits per heavy atom. The molecule has 0 bridgehead atoms. The quantitative estimate of drug-likeness (QED) is 0.574. The Bertz CT molecular complexity index is 1080. The average Bonchev–Trinajstić information content (AvgIpc) is 3.18. The number of halogens is 2. The van der Waals surface area contributed by atoms with Crippen LogP contribution in [-0.4, -0.2) is 46.8 Å². The number of allylic oxidation sites excluding steroid dienone is 4. The van der Waals surface area contributed by atoms with E-state index in [4.69, 9.17) is 23.2 Å². The van der Waals surface area contributed by atoms with Crippen LogP contribution in [0.4, 0.5) is 5.69 Å². The third-order valence-corrected chi connectivity index (χ3v) is 8.02. The van der Waals surface area contributed by atoms with Crippen molar-refractivity contribution in [3.05, 3.63) is 52.0 Å². The van der Waals surface area contributed by atoms with Crippen LogP contribution in [0.25, 0.3) is 0 Å². The van der Waals surface area contributed by atoms with Gasteiger partial charge in [-0.3, -0.25) is 29.0 Å². The minimum absolute atomic E-state index is 0.0431. The Hall–Kier alpha value is -2.64. The highest BCUT2D eigenvalue weighted by molar-refractivity contribution is 6.30. The zero-order valence-electron chi connectivity index (χ0n) is 18.7. The van der Waals surface area contributed by atoms with E-state index in [1.54, 1.807) is 17.1 Å². The summed E-state index contributed by atoms with van der Waals surface area (Å²) < 4.78 is 0. The number of benzene rings is 1. The predicted octanol–water partition coefficient (Wildman–Crippen LogP) is 3.75. The summed E-state index contributed by atoms with van der Waals surface area (Å²) in [6, 6.07) is 7.52. The number of carbonyl (C=O) groups excluding carboxylic acids is 4. The molecule has 2 saturated heterocycles. The minimum atomic E-state index is -0.463. The largest absolute Gasteiger partial charge is 0.335 e. The second kappa shape index (κ2) is 8.86. The van der Waals surface area contributed by atoms with Crippen LogP contribution < -0.4 is 4.90 Å². The third kappa shape index (κ3) is 3.85. The maximum absolute atomic E-state index is 13.2. The lowest BCUT2D eigenvalue weighted by Crippen LogP contribution is -2.48. The Kier molecular flexibility index (Phi) is 6.02. The number of amides is 4. The Morgan fingerprint density at radius 3 is 1.68 bits per heavy atom. The van der Waals surface area contributed by atoms with E-state index in [0.29, 0.717) is 35.7 Å². The van der Waals surface area contributed by atoms with Crippen LogP contribution in [0.5, 0.6) is 0 Å². The second-order valence-corrected chi connectivity index (χ2v) is 10.4. The first-order valence-electron chi connectivity index (χ1n) is 11.5. The van der Waals surface area contributed by atoms with Crippen molar-refractivity contribution in [2.75, 3.05) is 18.2 Å². The molecule has 4 unspecified atom stereocenters. The Morgan fingerprint density at radius 1 is 0.765 bits per heavy atom. The topological polar surface area (TPSA) is 78.0 Å². The lowest BCUT2D eigenvalue weighted by atomic mass is 9.85. The van der Waals surface area contributed by atoms with Crippen molar-refractivity contribution >= 4 is 52.5 Å². The van der Waals surface area contributed by atoms with Crippen LogP contribution in [0.2, 0.25) is 0 Å². The fraction of sp³-hybridized carbons (Fsp3) is 0.440. The number of fused-ring (bicyclic) bond motifs is 2. The maximum Gasteiger partial charge on any atom is 0.234 e. The first kappa shape index (κ1) is 23.1. The van der Waals surface area contributed by atoms with Gasteiger partial charge in [0.15, 0.2) is 0 Å². The fourth-order valence-electron chi connectivity index (χ4n) is 5.53. The average molecular weight is 502 g/mol. The second-order valence-electron chi connectivity index (χ2n) is 9.43. The van der Waals surface area contributed by atoms with E-state index in [1.165, 1.54) is 9.80 Å². The number of likely N-dealkylation sites (tertiary alicyclic amines) is 2. The molecule has 2 heterocycles. The van der Waals surface area contributed by atoms with Gasteiger partial charge in [0.25, 0.3) is 0 Å². The summed E-state index contributed by atoms with van der Waals surface area (Å²) >= 11 is 12.3. The van der Waals surface area contributed by atoms with Gasteiger partial charge < -0.3 is 4.90 Å². The van der Waals surface area contributed by atoms with Crippen molar-refractivity contribution in [3.8, 4) is 0 Å². The summed E-state index contributed by atoms with van der Waals surface area (Å²) in [6.07, 6.45) is 5.21. The highest BCUT2D eigenvalue weighted by atomic mass is 35.5.